The Balaban J connectivity index is 0.000000171. The number of nitrogens with zero attached hydrogens (tertiary/aromatic N) is 2. The molecule has 4 N–H and O–H groups in total. The van der Waals surface area contributed by atoms with Crippen molar-refractivity contribution in [3.8, 4) is 0 Å². The standard InChI is InChI=1S/2C12H24N2O/c2*1-9-7-14(8-10(2)15-9)12-5-3-11(13)4-6-12/h2*9-12H,3-8,13H2,1-2H3/t2*9-,10+,11?,12?. The van der Waals surface area contributed by atoms with Crippen LogP contribution in [-0.4, -0.2) is 84.6 Å². The molecule has 176 valence electrons. The van der Waals surface area contributed by atoms with Crippen molar-refractivity contribution >= 4 is 0 Å². The van der Waals surface area contributed by atoms with Crippen molar-refractivity contribution < 1.29 is 9.47 Å². The van der Waals surface area contributed by atoms with Crippen LogP contribution in [0.15, 0.2) is 0 Å². The molecule has 4 rings (SSSR count). The third kappa shape index (κ3) is 7.42. The first-order valence-electron chi connectivity index (χ1n) is 12.6. The molecule has 4 aliphatic rings. The summed E-state index contributed by atoms with van der Waals surface area (Å²) < 4.78 is 11.5. The number of nitrogens with two attached hydrogens (primary N) is 2. The molecule has 0 spiro atoms. The molecule has 30 heavy (non-hydrogen) atoms. The van der Waals surface area contributed by atoms with Crippen molar-refractivity contribution in [2.24, 2.45) is 11.5 Å². The van der Waals surface area contributed by atoms with Crippen molar-refractivity contribution in [2.75, 3.05) is 26.2 Å². The fourth-order valence-electron chi connectivity index (χ4n) is 5.97. The second-order valence-corrected chi connectivity index (χ2v) is 10.6. The summed E-state index contributed by atoms with van der Waals surface area (Å²) >= 11 is 0. The van der Waals surface area contributed by atoms with E-state index in [2.05, 4.69) is 37.5 Å². The van der Waals surface area contributed by atoms with Crippen molar-refractivity contribution in [1.82, 2.24) is 9.80 Å². The van der Waals surface area contributed by atoms with Gasteiger partial charge in [-0.05, 0) is 79.1 Å². The first-order valence-corrected chi connectivity index (χ1v) is 12.6. The third-order valence-electron chi connectivity index (χ3n) is 7.41. The summed E-state index contributed by atoms with van der Waals surface area (Å²) in [7, 11) is 0. The lowest BCUT2D eigenvalue weighted by molar-refractivity contribution is -0.0845. The molecule has 6 nitrogen and oxygen atoms in total. The van der Waals surface area contributed by atoms with Gasteiger partial charge in [0.05, 0.1) is 24.4 Å². The smallest absolute Gasteiger partial charge is 0.0678 e. The van der Waals surface area contributed by atoms with Crippen molar-refractivity contribution in [3.63, 3.8) is 0 Å². The van der Waals surface area contributed by atoms with Crippen LogP contribution in [0.2, 0.25) is 0 Å². The maximum Gasteiger partial charge on any atom is 0.0678 e. The van der Waals surface area contributed by atoms with Gasteiger partial charge in [0.25, 0.3) is 0 Å². The monoisotopic (exact) mass is 424 g/mol. The van der Waals surface area contributed by atoms with Crippen LogP contribution in [0.25, 0.3) is 0 Å². The second-order valence-electron chi connectivity index (χ2n) is 10.6. The van der Waals surface area contributed by atoms with Crippen LogP contribution in [-0.2, 0) is 9.47 Å². The molecule has 2 saturated heterocycles. The average molecular weight is 425 g/mol. The van der Waals surface area contributed by atoms with Gasteiger partial charge in [0.1, 0.15) is 0 Å². The van der Waals surface area contributed by atoms with Gasteiger partial charge in [0.2, 0.25) is 0 Å². The zero-order valence-electron chi connectivity index (χ0n) is 20.0. The third-order valence-corrected chi connectivity index (χ3v) is 7.41. The van der Waals surface area contributed by atoms with Crippen molar-refractivity contribution in [3.05, 3.63) is 0 Å². The van der Waals surface area contributed by atoms with E-state index in [4.69, 9.17) is 20.9 Å². The lowest BCUT2D eigenvalue weighted by Gasteiger charge is -2.42. The Labute approximate surface area is 185 Å². The molecule has 0 amide bonds. The van der Waals surface area contributed by atoms with Crippen LogP contribution < -0.4 is 11.5 Å². The van der Waals surface area contributed by atoms with Gasteiger partial charge >= 0.3 is 0 Å². The Kier molecular flexibility index (Phi) is 9.41. The summed E-state index contributed by atoms with van der Waals surface area (Å²) in [5.74, 6) is 0. The number of rotatable bonds is 2. The van der Waals surface area contributed by atoms with E-state index in [0.717, 1.165) is 38.3 Å². The molecule has 0 radical (unpaired) electrons. The molecule has 0 aromatic carbocycles. The Hall–Kier alpha value is -0.240. The normalized spacial score (nSPS) is 44.2. The van der Waals surface area contributed by atoms with Gasteiger partial charge in [0, 0.05) is 50.3 Å². The second kappa shape index (κ2) is 11.6. The molecule has 2 saturated carbocycles. The predicted molar refractivity (Wildman–Crippen MR) is 124 cm³/mol. The number of hydrogen-bond acceptors (Lipinski definition) is 6. The maximum absolute atomic E-state index is 5.94. The van der Waals surface area contributed by atoms with Crippen LogP contribution in [0.1, 0.15) is 79.1 Å². The summed E-state index contributed by atoms with van der Waals surface area (Å²) in [5.41, 5.74) is 11.9. The van der Waals surface area contributed by atoms with E-state index < -0.39 is 0 Å². The highest BCUT2D eigenvalue weighted by atomic mass is 16.5. The van der Waals surface area contributed by atoms with Crippen LogP contribution >= 0.6 is 0 Å². The largest absolute Gasteiger partial charge is 0.373 e. The number of morpholine rings is 2. The molecular weight excluding hydrogens is 376 g/mol. The molecule has 6 heteroatoms. The first kappa shape index (κ1) is 24.4. The van der Waals surface area contributed by atoms with E-state index in [1.54, 1.807) is 0 Å². The minimum atomic E-state index is 0.393. The highest BCUT2D eigenvalue weighted by Gasteiger charge is 2.31. The molecule has 0 bridgehead atoms. The van der Waals surface area contributed by atoms with E-state index in [0.29, 0.717) is 36.5 Å². The molecule has 0 aromatic rings. The van der Waals surface area contributed by atoms with E-state index in [1.165, 1.54) is 51.4 Å². The molecular formula is C24H48N4O2. The SMILES string of the molecule is C[C@@H]1CN(C2CCC(N)CC2)C[C@H](C)O1.C[C@@H]1CN(C2CCC(N)CC2)C[C@H](C)O1. The molecule has 4 atom stereocenters. The summed E-state index contributed by atoms with van der Waals surface area (Å²) in [6.45, 7) is 13.1. The number of ether oxygens (including phenoxy) is 2. The molecule has 0 unspecified atom stereocenters. The van der Waals surface area contributed by atoms with Gasteiger partial charge < -0.3 is 20.9 Å². The van der Waals surface area contributed by atoms with Gasteiger partial charge in [0.15, 0.2) is 0 Å². The van der Waals surface area contributed by atoms with E-state index in [-0.39, 0.29) is 0 Å². The van der Waals surface area contributed by atoms with Crippen LogP contribution in [0.4, 0.5) is 0 Å². The summed E-state index contributed by atoms with van der Waals surface area (Å²) in [6, 6.07) is 2.44. The molecule has 0 aromatic heterocycles. The van der Waals surface area contributed by atoms with Gasteiger partial charge in [-0.2, -0.15) is 0 Å². The minimum Gasteiger partial charge on any atom is -0.373 e. The van der Waals surface area contributed by atoms with Gasteiger partial charge in [-0.3, -0.25) is 9.80 Å². The zero-order chi connectivity index (χ0) is 21.7. The van der Waals surface area contributed by atoms with Crippen molar-refractivity contribution in [1.29, 1.82) is 0 Å². The van der Waals surface area contributed by atoms with E-state index >= 15 is 0 Å². The van der Waals surface area contributed by atoms with Crippen LogP contribution in [0.3, 0.4) is 0 Å². The Morgan fingerprint density at radius 3 is 1.03 bits per heavy atom. The zero-order valence-corrected chi connectivity index (χ0v) is 20.0. The molecule has 2 aliphatic carbocycles. The number of hydrogen-bond donors (Lipinski definition) is 2. The van der Waals surface area contributed by atoms with E-state index in [1.807, 2.05) is 0 Å². The lowest BCUT2D eigenvalue weighted by atomic mass is 9.90. The Bertz CT molecular complexity index is 428. The lowest BCUT2D eigenvalue weighted by Crippen LogP contribution is -2.51. The van der Waals surface area contributed by atoms with Crippen LogP contribution in [0, 0.1) is 0 Å². The Morgan fingerprint density at radius 2 is 0.767 bits per heavy atom. The van der Waals surface area contributed by atoms with Gasteiger partial charge in [-0.1, -0.05) is 0 Å². The molecule has 4 fully saturated rings. The fourth-order valence-corrected chi connectivity index (χ4v) is 5.97. The molecule has 2 aliphatic heterocycles. The fraction of sp³-hybridized carbons (Fsp3) is 1.00. The quantitative estimate of drug-likeness (QED) is 0.710. The first-order chi connectivity index (χ1) is 14.3. The van der Waals surface area contributed by atoms with Gasteiger partial charge in [-0.15, -0.1) is 0 Å². The summed E-state index contributed by atoms with van der Waals surface area (Å²) in [6.07, 6.45) is 11.5. The maximum atomic E-state index is 5.94. The van der Waals surface area contributed by atoms with Crippen LogP contribution in [0.5, 0.6) is 0 Å². The summed E-state index contributed by atoms with van der Waals surface area (Å²) in [4.78, 5) is 5.23. The Morgan fingerprint density at radius 1 is 0.500 bits per heavy atom. The highest BCUT2D eigenvalue weighted by Crippen LogP contribution is 2.26. The minimum absolute atomic E-state index is 0.393. The highest BCUT2D eigenvalue weighted by molar-refractivity contribution is 4.86. The predicted octanol–water partition coefficient (Wildman–Crippen LogP) is 2.73. The van der Waals surface area contributed by atoms with Crippen molar-refractivity contribution in [2.45, 2.75) is 128 Å². The van der Waals surface area contributed by atoms with Gasteiger partial charge in [-0.25, -0.2) is 0 Å². The molecule has 2 heterocycles. The topological polar surface area (TPSA) is 77.0 Å². The average Bonchev–Trinajstić information content (AvgIpc) is 2.68. The summed E-state index contributed by atoms with van der Waals surface area (Å²) in [5, 5.41) is 0. The van der Waals surface area contributed by atoms with E-state index in [9.17, 15) is 0 Å².